The lowest BCUT2D eigenvalue weighted by Crippen LogP contribution is -2.11. The van der Waals surface area contributed by atoms with Crippen LogP contribution in [-0.2, 0) is 0 Å². The van der Waals surface area contributed by atoms with Crippen LogP contribution in [0.2, 0.25) is 0 Å². The molecule has 0 aliphatic carbocycles. The van der Waals surface area contributed by atoms with E-state index in [9.17, 15) is 9.59 Å². The molecule has 0 fully saturated rings. The first-order valence-corrected chi connectivity index (χ1v) is 11.9. The highest BCUT2D eigenvalue weighted by Gasteiger charge is 2.13. The normalized spacial score (nSPS) is 10.5. The summed E-state index contributed by atoms with van der Waals surface area (Å²) in [6.45, 7) is 4.86. The molecule has 0 aromatic heterocycles. The molecule has 0 N–H and O–H groups in total. The van der Waals surface area contributed by atoms with Gasteiger partial charge in [0.05, 0.1) is 17.7 Å². The highest BCUT2D eigenvalue weighted by atomic mass is 16.5. The summed E-state index contributed by atoms with van der Waals surface area (Å²) in [7, 11) is 0. The van der Waals surface area contributed by atoms with E-state index < -0.39 is 11.9 Å². The van der Waals surface area contributed by atoms with Crippen LogP contribution in [0.25, 0.3) is 0 Å². The molecule has 5 heteroatoms. The van der Waals surface area contributed by atoms with Gasteiger partial charge in [-0.2, -0.15) is 0 Å². The molecule has 0 radical (unpaired) electrons. The number of esters is 2. The Bertz CT molecular complexity index is 1040. The van der Waals surface area contributed by atoms with Crippen molar-refractivity contribution < 1.29 is 23.8 Å². The average molecular weight is 461 g/mol. The topological polar surface area (TPSA) is 61.8 Å². The summed E-state index contributed by atoms with van der Waals surface area (Å²) >= 11 is 0. The van der Waals surface area contributed by atoms with Crippen molar-refractivity contribution in [2.75, 3.05) is 6.61 Å². The predicted octanol–water partition coefficient (Wildman–Crippen LogP) is 7.17. The van der Waals surface area contributed by atoms with Gasteiger partial charge in [0, 0.05) is 0 Å². The predicted molar refractivity (Wildman–Crippen MR) is 133 cm³/mol. The highest BCUT2D eigenvalue weighted by molar-refractivity contribution is 5.94. The number of unbranched alkanes of at least 4 members (excludes halogenated alkanes) is 5. The number of benzene rings is 3. The quantitative estimate of drug-likeness (QED) is 0.163. The summed E-state index contributed by atoms with van der Waals surface area (Å²) in [5.41, 5.74) is 1.78. The first kappa shape index (κ1) is 25.0. The summed E-state index contributed by atoms with van der Waals surface area (Å²) in [5, 5.41) is 0. The fourth-order valence-corrected chi connectivity index (χ4v) is 3.36. The van der Waals surface area contributed by atoms with E-state index >= 15 is 0 Å². The Labute approximate surface area is 201 Å². The highest BCUT2D eigenvalue weighted by Crippen LogP contribution is 2.20. The van der Waals surface area contributed by atoms with Crippen LogP contribution in [0.4, 0.5) is 0 Å². The van der Waals surface area contributed by atoms with Crippen molar-refractivity contribution in [3.63, 3.8) is 0 Å². The molecule has 3 aromatic rings. The fraction of sp³-hybridized carbons (Fsp3) is 0.310. The maximum absolute atomic E-state index is 12.5. The minimum Gasteiger partial charge on any atom is -0.494 e. The molecule has 0 spiro atoms. The monoisotopic (exact) mass is 460 g/mol. The molecule has 0 bridgehead atoms. The second-order valence-electron chi connectivity index (χ2n) is 8.26. The van der Waals surface area contributed by atoms with Crippen LogP contribution in [-0.4, -0.2) is 18.5 Å². The van der Waals surface area contributed by atoms with Gasteiger partial charge in [-0.3, -0.25) is 0 Å². The number of rotatable bonds is 12. The lowest BCUT2D eigenvalue weighted by molar-refractivity contribution is 0.0720. The van der Waals surface area contributed by atoms with Crippen molar-refractivity contribution in [3.05, 3.63) is 89.5 Å². The van der Waals surface area contributed by atoms with Crippen LogP contribution >= 0.6 is 0 Å². The maximum Gasteiger partial charge on any atom is 0.343 e. The molecular formula is C29H32O5. The average Bonchev–Trinajstić information content (AvgIpc) is 2.86. The van der Waals surface area contributed by atoms with Gasteiger partial charge in [0.25, 0.3) is 0 Å². The van der Waals surface area contributed by atoms with Crippen LogP contribution in [0.15, 0.2) is 72.8 Å². The van der Waals surface area contributed by atoms with Crippen molar-refractivity contribution >= 4 is 11.9 Å². The van der Waals surface area contributed by atoms with E-state index in [4.69, 9.17) is 14.2 Å². The fourth-order valence-electron chi connectivity index (χ4n) is 3.36. The summed E-state index contributed by atoms with van der Waals surface area (Å²) in [6, 6.07) is 20.4. The maximum atomic E-state index is 12.5. The van der Waals surface area contributed by atoms with Gasteiger partial charge in [-0.25, -0.2) is 9.59 Å². The van der Waals surface area contributed by atoms with E-state index in [-0.39, 0.29) is 0 Å². The van der Waals surface area contributed by atoms with Gasteiger partial charge in [-0.05, 0) is 74.0 Å². The Morgan fingerprint density at radius 1 is 0.588 bits per heavy atom. The van der Waals surface area contributed by atoms with E-state index in [1.165, 1.54) is 32.1 Å². The zero-order valence-electron chi connectivity index (χ0n) is 19.9. The zero-order chi connectivity index (χ0) is 24.2. The molecule has 0 atom stereocenters. The molecule has 3 rings (SSSR count). The molecule has 178 valence electrons. The van der Waals surface area contributed by atoms with E-state index in [1.54, 1.807) is 60.7 Å². The Kier molecular flexibility index (Phi) is 9.71. The van der Waals surface area contributed by atoms with Gasteiger partial charge >= 0.3 is 11.9 Å². The molecule has 5 nitrogen and oxygen atoms in total. The second-order valence-corrected chi connectivity index (χ2v) is 8.26. The number of hydrogen-bond donors (Lipinski definition) is 0. The van der Waals surface area contributed by atoms with E-state index in [1.807, 2.05) is 19.1 Å². The molecule has 0 heterocycles. The minimum atomic E-state index is -0.501. The second kappa shape index (κ2) is 13.2. The third-order valence-electron chi connectivity index (χ3n) is 5.39. The number of carbonyl (C=O) groups is 2. The van der Waals surface area contributed by atoms with E-state index in [0.717, 1.165) is 17.7 Å². The van der Waals surface area contributed by atoms with Crippen LogP contribution in [0, 0.1) is 6.92 Å². The molecule has 0 unspecified atom stereocenters. The van der Waals surface area contributed by atoms with Gasteiger partial charge in [-0.15, -0.1) is 0 Å². The first-order valence-electron chi connectivity index (χ1n) is 11.9. The van der Waals surface area contributed by atoms with Gasteiger partial charge in [0.2, 0.25) is 0 Å². The van der Waals surface area contributed by atoms with E-state index in [2.05, 4.69) is 6.92 Å². The molecular weight excluding hydrogens is 428 g/mol. The summed E-state index contributed by atoms with van der Waals surface area (Å²) in [6.07, 6.45) is 7.30. The van der Waals surface area contributed by atoms with Gasteiger partial charge in [0.15, 0.2) is 0 Å². The Morgan fingerprint density at radius 2 is 1.03 bits per heavy atom. The van der Waals surface area contributed by atoms with Gasteiger partial charge in [0.1, 0.15) is 17.2 Å². The smallest absolute Gasteiger partial charge is 0.343 e. The van der Waals surface area contributed by atoms with Crippen molar-refractivity contribution in [2.45, 2.75) is 52.4 Å². The molecule has 3 aromatic carbocycles. The third-order valence-corrected chi connectivity index (χ3v) is 5.39. The molecule has 0 aliphatic heterocycles. The Hall–Kier alpha value is -3.60. The molecule has 0 aliphatic rings. The lowest BCUT2D eigenvalue weighted by Gasteiger charge is -2.08. The third kappa shape index (κ3) is 8.07. The molecule has 0 amide bonds. The Balaban J connectivity index is 1.45. The van der Waals surface area contributed by atoms with Crippen molar-refractivity contribution in [2.24, 2.45) is 0 Å². The van der Waals surface area contributed by atoms with Crippen LogP contribution in [0.3, 0.4) is 0 Å². The number of carbonyl (C=O) groups excluding carboxylic acids is 2. The lowest BCUT2D eigenvalue weighted by atomic mass is 10.1. The number of hydrogen-bond acceptors (Lipinski definition) is 5. The van der Waals surface area contributed by atoms with Crippen molar-refractivity contribution in [1.29, 1.82) is 0 Å². The van der Waals surface area contributed by atoms with E-state index in [0.29, 0.717) is 29.2 Å². The van der Waals surface area contributed by atoms with Crippen LogP contribution < -0.4 is 14.2 Å². The minimum absolute atomic E-state index is 0.343. The summed E-state index contributed by atoms with van der Waals surface area (Å²) in [4.78, 5) is 24.8. The summed E-state index contributed by atoms with van der Waals surface area (Å²) in [5.74, 6) is 0.669. The number of ether oxygens (including phenoxy) is 3. The largest absolute Gasteiger partial charge is 0.494 e. The van der Waals surface area contributed by atoms with Gasteiger partial charge in [-0.1, -0.05) is 56.7 Å². The van der Waals surface area contributed by atoms with Crippen LogP contribution in [0.1, 0.15) is 71.7 Å². The van der Waals surface area contributed by atoms with Gasteiger partial charge < -0.3 is 14.2 Å². The zero-order valence-corrected chi connectivity index (χ0v) is 19.9. The van der Waals surface area contributed by atoms with Crippen molar-refractivity contribution in [1.82, 2.24) is 0 Å². The molecule has 0 saturated carbocycles. The van der Waals surface area contributed by atoms with Crippen molar-refractivity contribution in [3.8, 4) is 17.2 Å². The first-order chi connectivity index (χ1) is 16.5. The Morgan fingerprint density at radius 3 is 1.56 bits per heavy atom. The molecule has 34 heavy (non-hydrogen) atoms. The SMILES string of the molecule is CCCCCCCCOc1ccc(OC(=O)c2ccc(C(=O)Oc3ccc(C)cc3)cc2)cc1. The molecule has 0 saturated heterocycles. The number of aryl methyl sites for hydroxylation is 1. The van der Waals surface area contributed by atoms with Crippen LogP contribution in [0.5, 0.6) is 17.2 Å². The summed E-state index contributed by atoms with van der Waals surface area (Å²) < 4.78 is 16.5. The standard InChI is InChI=1S/C29H32O5/c1-3-4-5-6-7-8-21-32-25-17-19-27(20-18-25)34-29(31)24-13-11-23(12-14-24)28(30)33-26-15-9-22(2)10-16-26/h9-20H,3-8,21H2,1-2H3.